The molecule has 0 aliphatic carbocycles. The smallest absolute Gasteiger partial charge is 0.410 e. The molecule has 0 N–H and O–H groups in total. The van der Waals surface area contributed by atoms with Crippen LogP contribution in [0.3, 0.4) is 0 Å². The fourth-order valence-electron chi connectivity index (χ4n) is 4.46. The molecule has 1 amide bonds. The molecule has 0 atom stereocenters. The van der Waals surface area contributed by atoms with Gasteiger partial charge in [-0.2, -0.15) is 4.98 Å². The van der Waals surface area contributed by atoms with Crippen molar-refractivity contribution in [1.82, 2.24) is 14.9 Å². The fourth-order valence-corrected chi connectivity index (χ4v) is 4.46. The minimum Gasteiger partial charge on any atom is -0.493 e. The number of carbonyl (C=O) groups is 1. The maximum atomic E-state index is 12.9. The number of hydrogen-bond acceptors (Lipinski definition) is 7. The van der Waals surface area contributed by atoms with Crippen LogP contribution >= 0.6 is 0 Å². The van der Waals surface area contributed by atoms with Gasteiger partial charge in [-0.15, -0.1) is 0 Å². The van der Waals surface area contributed by atoms with Crippen molar-refractivity contribution >= 4 is 12.0 Å². The van der Waals surface area contributed by atoms with E-state index in [9.17, 15) is 4.79 Å². The van der Waals surface area contributed by atoms with Gasteiger partial charge in [0.15, 0.2) is 11.5 Å². The van der Waals surface area contributed by atoms with Crippen molar-refractivity contribution in [1.29, 1.82) is 0 Å². The molecular formula is C27H30N4O4. The summed E-state index contributed by atoms with van der Waals surface area (Å²) in [6, 6.07) is 17.2. The van der Waals surface area contributed by atoms with Crippen LogP contribution in [0.25, 0.3) is 0 Å². The molecule has 0 radical (unpaired) electrons. The van der Waals surface area contributed by atoms with Gasteiger partial charge >= 0.3 is 6.09 Å². The zero-order chi connectivity index (χ0) is 24.0. The second kappa shape index (κ2) is 10.6. The van der Waals surface area contributed by atoms with Gasteiger partial charge in [-0.1, -0.05) is 42.5 Å². The molecule has 3 aromatic rings. The third kappa shape index (κ3) is 5.31. The maximum absolute atomic E-state index is 12.9. The molecule has 1 aromatic heterocycles. The van der Waals surface area contributed by atoms with Gasteiger partial charge in [-0.25, -0.2) is 9.78 Å². The van der Waals surface area contributed by atoms with Gasteiger partial charge < -0.3 is 24.0 Å². The standard InChI is InChI=1S/C27H30N4O4/c1-33-23-12-6-7-13-24(23)35-25-21-18-31(27(32)34-19-20-10-4-2-5-11-20)17-14-22(21)28-26(29-25)30-15-8-3-9-16-30/h2,4-7,10-13H,3,8-9,14-19H2,1H3. The number of fused-ring (bicyclic) bond motifs is 1. The van der Waals surface area contributed by atoms with Crippen LogP contribution in [0.2, 0.25) is 0 Å². The number of para-hydroxylation sites is 2. The lowest BCUT2D eigenvalue weighted by atomic mass is 10.1. The van der Waals surface area contributed by atoms with E-state index in [-0.39, 0.29) is 12.7 Å². The zero-order valence-corrected chi connectivity index (χ0v) is 20.0. The van der Waals surface area contributed by atoms with Crippen LogP contribution in [0.5, 0.6) is 17.4 Å². The number of ether oxygens (including phenoxy) is 3. The number of anilines is 1. The van der Waals surface area contributed by atoms with Crippen LogP contribution in [0.4, 0.5) is 10.7 Å². The van der Waals surface area contributed by atoms with E-state index in [2.05, 4.69) is 4.90 Å². The normalized spacial score (nSPS) is 15.3. The summed E-state index contributed by atoms with van der Waals surface area (Å²) in [5.41, 5.74) is 2.67. The van der Waals surface area contributed by atoms with E-state index in [1.165, 1.54) is 6.42 Å². The molecule has 2 aliphatic heterocycles. The molecular weight excluding hydrogens is 444 g/mol. The van der Waals surface area contributed by atoms with Crippen LogP contribution in [0, 0.1) is 0 Å². The third-order valence-corrected chi connectivity index (χ3v) is 6.39. The monoisotopic (exact) mass is 474 g/mol. The van der Waals surface area contributed by atoms with Crippen LogP contribution < -0.4 is 14.4 Å². The van der Waals surface area contributed by atoms with E-state index in [1.807, 2.05) is 54.6 Å². The molecule has 3 heterocycles. The van der Waals surface area contributed by atoms with E-state index >= 15 is 0 Å². The van der Waals surface area contributed by atoms with Gasteiger partial charge in [0.25, 0.3) is 0 Å². The first kappa shape index (κ1) is 23.0. The quantitative estimate of drug-likeness (QED) is 0.500. The van der Waals surface area contributed by atoms with E-state index in [0.717, 1.165) is 42.8 Å². The van der Waals surface area contributed by atoms with Gasteiger partial charge in [0.1, 0.15) is 6.61 Å². The number of carbonyl (C=O) groups excluding carboxylic acids is 1. The lowest BCUT2D eigenvalue weighted by Crippen LogP contribution is -2.38. The summed E-state index contributed by atoms with van der Waals surface area (Å²) >= 11 is 0. The Bertz CT molecular complexity index is 1170. The van der Waals surface area contributed by atoms with Crippen molar-refractivity contribution < 1.29 is 19.0 Å². The summed E-state index contributed by atoms with van der Waals surface area (Å²) in [4.78, 5) is 26.5. The SMILES string of the molecule is COc1ccccc1Oc1nc(N2CCCCC2)nc2c1CN(C(=O)OCc1ccccc1)CC2. The van der Waals surface area contributed by atoms with E-state index in [1.54, 1.807) is 12.0 Å². The lowest BCUT2D eigenvalue weighted by molar-refractivity contribution is 0.0912. The molecule has 2 aromatic carbocycles. The summed E-state index contributed by atoms with van der Waals surface area (Å²) in [6.07, 6.45) is 3.74. The number of hydrogen-bond donors (Lipinski definition) is 0. The highest BCUT2D eigenvalue weighted by Gasteiger charge is 2.29. The highest BCUT2D eigenvalue weighted by molar-refractivity contribution is 5.68. The van der Waals surface area contributed by atoms with Crippen LogP contribution in [-0.4, -0.2) is 47.7 Å². The minimum atomic E-state index is -0.358. The Morgan fingerprint density at radius 2 is 1.66 bits per heavy atom. The van der Waals surface area contributed by atoms with Crippen molar-refractivity contribution in [3.8, 4) is 17.4 Å². The average molecular weight is 475 g/mol. The molecule has 8 heteroatoms. The van der Waals surface area contributed by atoms with E-state index in [4.69, 9.17) is 24.2 Å². The Balaban J connectivity index is 1.40. The number of aromatic nitrogens is 2. The Labute approximate surface area is 205 Å². The Morgan fingerprint density at radius 1 is 0.914 bits per heavy atom. The number of rotatable bonds is 6. The minimum absolute atomic E-state index is 0.234. The molecule has 5 rings (SSSR count). The molecule has 182 valence electrons. The van der Waals surface area contributed by atoms with Crippen molar-refractivity contribution in [2.75, 3.05) is 31.6 Å². The predicted molar refractivity (Wildman–Crippen MR) is 132 cm³/mol. The maximum Gasteiger partial charge on any atom is 0.410 e. The molecule has 1 fully saturated rings. The van der Waals surface area contributed by atoms with Crippen molar-refractivity contribution in [3.05, 3.63) is 71.4 Å². The number of benzene rings is 2. The average Bonchev–Trinajstić information content (AvgIpc) is 2.92. The first-order valence-electron chi connectivity index (χ1n) is 12.1. The molecule has 0 bridgehead atoms. The highest BCUT2D eigenvalue weighted by Crippen LogP contribution is 2.35. The fraction of sp³-hybridized carbons (Fsp3) is 0.370. The van der Waals surface area contributed by atoms with Gasteiger partial charge in [0.05, 0.1) is 24.9 Å². The van der Waals surface area contributed by atoms with Gasteiger partial charge in [-0.05, 0) is 37.0 Å². The molecule has 0 saturated carbocycles. The van der Waals surface area contributed by atoms with Gasteiger partial charge in [0, 0.05) is 26.1 Å². The molecule has 0 spiro atoms. The van der Waals surface area contributed by atoms with Crippen LogP contribution in [0.15, 0.2) is 54.6 Å². The first-order valence-corrected chi connectivity index (χ1v) is 12.1. The topological polar surface area (TPSA) is 77.0 Å². The Morgan fingerprint density at radius 3 is 2.43 bits per heavy atom. The molecule has 1 saturated heterocycles. The number of methoxy groups -OCH3 is 1. The van der Waals surface area contributed by atoms with Crippen molar-refractivity contribution in [2.45, 2.75) is 38.8 Å². The number of nitrogens with zero attached hydrogens (tertiary/aromatic N) is 4. The summed E-state index contributed by atoms with van der Waals surface area (Å²) < 4.78 is 17.4. The number of amides is 1. The summed E-state index contributed by atoms with van der Waals surface area (Å²) in [7, 11) is 1.61. The highest BCUT2D eigenvalue weighted by atomic mass is 16.6. The van der Waals surface area contributed by atoms with Gasteiger partial charge in [0.2, 0.25) is 11.8 Å². The summed E-state index contributed by atoms with van der Waals surface area (Å²) in [5.74, 6) is 2.34. The Kier molecular flexibility index (Phi) is 6.97. The van der Waals surface area contributed by atoms with Crippen LogP contribution in [-0.2, 0) is 24.3 Å². The van der Waals surface area contributed by atoms with Crippen molar-refractivity contribution in [3.63, 3.8) is 0 Å². The first-order chi connectivity index (χ1) is 17.2. The van der Waals surface area contributed by atoms with E-state index in [0.29, 0.717) is 42.8 Å². The molecule has 0 unspecified atom stereocenters. The summed E-state index contributed by atoms with van der Waals surface area (Å²) in [6.45, 7) is 2.96. The number of piperidine rings is 1. The second-order valence-electron chi connectivity index (χ2n) is 8.77. The zero-order valence-electron chi connectivity index (χ0n) is 20.0. The van der Waals surface area contributed by atoms with E-state index < -0.39 is 0 Å². The third-order valence-electron chi connectivity index (χ3n) is 6.39. The largest absolute Gasteiger partial charge is 0.493 e. The Hall–Kier alpha value is -3.81. The lowest BCUT2D eigenvalue weighted by Gasteiger charge is -2.31. The molecule has 8 nitrogen and oxygen atoms in total. The second-order valence-corrected chi connectivity index (χ2v) is 8.77. The van der Waals surface area contributed by atoms with Gasteiger partial charge in [-0.3, -0.25) is 0 Å². The summed E-state index contributed by atoms with van der Waals surface area (Å²) in [5, 5.41) is 0. The molecule has 2 aliphatic rings. The predicted octanol–water partition coefficient (Wildman–Crippen LogP) is 4.96. The van der Waals surface area contributed by atoms with Crippen LogP contribution in [0.1, 0.15) is 36.1 Å². The van der Waals surface area contributed by atoms with Crippen molar-refractivity contribution in [2.24, 2.45) is 0 Å². The molecule has 35 heavy (non-hydrogen) atoms.